The highest BCUT2D eigenvalue weighted by Gasteiger charge is 2.25. The molecule has 1 unspecified atom stereocenters. The highest BCUT2D eigenvalue weighted by atomic mass is 16.2. The molecule has 3 nitrogen and oxygen atoms in total. The Balaban J connectivity index is 2.20. The molecule has 1 heterocycles. The molecule has 0 aliphatic carbocycles. The minimum absolute atomic E-state index is 0.104. The van der Waals surface area contributed by atoms with Gasteiger partial charge in [-0.05, 0) is 38.0 Å². The van der Waals surface area contributed by atoms with Crippen LogP contribution in [-0.4, -0.2) is 23.4 Å². The van der Waals surface area contributed by atoms with Gasteiger partial charge in [0.1, 0.15) is 0 Å². The Morgan fingerprint density at radius 2 is 2.33 bits per heavy atom. The first-order valence-corrected chi connectivity index (χ1v) is 5.35. The van der Waals surface area contributed by atoms with Crippen LogP contribution in [0.3, 0.4) is 0 Å². The fourth-order valence-corrected chi connectivity index (χ4v) is 2.07. The first-order valence-electron chi connectivity index (χ1n) is 5.35. The van der Waals surface area contributed by atoms with Gasteiger partial charge < -0.3 is 10.6 Å². The lowest BCUT2D eigenvalue weighted by atomic mass is 10.1. The molecule has 0 spiro atoms. The second kappa shape index (κ2) is 3.93. The van der Waals surface area contributed by atoms with E-state index >= 15 is 0 Å². The van der Waals surface area contributed by atoms with Crippen LogP contribution in [-0.2, 0) is 0 Å². The predicted octanol–water partition coefficient (Wildman–Crippen LogP) is 1.89. The van der Waals surface area contributed by atoms with Gasteiger partial charge in [0.15, 0.2) is 0 Å². The van der Waals surface area contributed by atoms with Crippen molar-refractivity contribution in [3.05, 3.63) is 29.8 Å². The van der Waals surface area contributed by atoms with Gasteiger partial charge in [0.2, 0.25) is 0 Å². The maximum atomic E-state index is 12.1. The van der Waals surface area contributed by atoms with Gasteiger partial charge in [-0.1, -0.05) is 6.07 Å². The molecule has 1 aliphatic rings. The Hall–Kier alpha value is -1.51. The van der Waals surface area contributed by atoms with Crippen molar-refractivity contribution in [2.24, 2.45) is 0 Å². The molecule has 0 radical (unpaired) electrons. The number of anilines is 1. The Labute approximate surface area is 89.9 Å². The summed E-state index contributed by atoms with van der Waals surface area (Å²) in [4.78, 5) is 14.0. The van der Waals surface area contributed by atoms with Gasteiger partial charge in [-0.25, -0.2) is 0 Å². The molecule has 15 heavy (non-hydrogen) atoms. The van der Waals surface area contributed by atoms with Crippen LogP contribution in [0.2, 0.25) is 0 Å². The average Bonchev–Trinajstić information content (AvgIpc) is 2.63. The maximum absolute atomic E-state index is 12.1. The molecule has 1 aromatic rings. The van der Waals surface area contributed by atoms with E-state index in [2.05, 4.69) is 6.92 Å². The van der Waals surface area contributed by atoms with Gasteiger partial charge in [-0.2, -0.15) is 0 Å². The first-order chi connectivity index (χ1) is 7.18. The number of likely N-dealkylation sites (tertiary alicyclic amines) is 1. The average molecular weight is 204 g/mol. The molecule has 2 rings (SSSR count). The highest BCUT2D eigenvalue weighted by Crippen LogP contribution is 2.20. The van der Waals surface area contributed by atoms with Crippen molar-refractivity contribution in [3.63, 3.8) is 0 Å². The molecule has 1 atom stereocenters. The molecule has 0 aromatic heterocycles. The van der Waals surface area contributed by atoms with Crippen molar-refractivity contribution in [3.8, 4) is 0 Å². The highest BCUT2D eigenvalue weighted by molar-refractivity contribution is 5.95. The van der Waals surface area contributed by atoms with Crippen LogP contribution in [0.15, 0.2) is 24.3 Å². The van der Waals surface area contributed by atoms with E-state index in [0.29, 0.717) is 17.3 Å². The molecule has 1 aromatic carbocycles. The molecule has 1 fully saturated rings. The molecular formula is C12H16N2O. The largest absolute Gasteiger partial charge is 0.399 e. The minimum atomic E-state index is 0.104. The number of carbonyl (C=O) groups excluding carboxylic acids is 1. The molecule has 3 heteroatoms. The van der Waals surface area contributed by atoms with Crippen molar-refractivity contribution >= 4 is 11.6 Å². The number of nitrogen functional groups attached to an aromatic ring is 1. The second-order valence-corrected chi connectivity index (χ2v) is 4.12. The lowest BCUT2D eigenvalue weighted by molar-refractivity contribution is 0.0747. The lowest BCUT2D eigenvalue weighted by Crippen LogP contribution is -2.33. The standard InChI is InChI=1S/C12H16N2O/c1-9-4-3-7-14(9)12(15)10-5-2-6-11(13)8-10/h2,5-6,8-9H,3-4,7,13H2,1H3. The molecule has 0 bridgehead atoms. The van der Waals surface area contributed by atoms with Gasteiger partial charge in [-0.15, -0.1) is 0 Å². The number of benzene rings is 1. The van der Waals surface area contributed by atoms with Crippen LogP contribution < -0.4 is 5.73 Å². The summed E-state index contributed by atoms with van der Waals surface area (Å²) in [6, 6.07) is 7.55. The monoisotopic (exact) mass is 204 g/mol. The third kappa shape index (κ3) is 1.96. The number of hydrogen-bond donors (Lipinski definition) is 1. The number of hydrogen-bond acceptors (Lipinski definition) is 2. The molecule has 80 valence electrons. The van der Waals surface area contributed by atoms with Gasteiger partial charge in [0.25, 0.3) is 5.91 Å². The Kier molecular flexibility index (Phi) is 2.62. The van der Waals surface area contributed by atoms with E-state index in [0.717, 1.165) is 19.4 Å². The quantitative estimate of drug-likeness (QED) is 0.710. The Morgan fingerprint density at radius 1 is 1.53 bits per heavy atom. The third-order valence-electron chi connectivity index (χ3n) is 2.95. The predicted molar refractivity (Wildman–Crippen MR) is 60.6 cm³/mol. The summed E-state index contributed by atoms with van der Waals surface area (Å²) in [5.74, 6) is 0.104. The summed E-state index contributed by atoms with van der Waals surface area (Å²) in [5, 5.41) is 0. The molecule has 1 saturated heterocycles. The molecular weight excluding hydrogens is 188 g/mol. The van der Waals surface area contributed by atoms with E-state index in [4.69, 9.17) is 5.73 Å². The van der Waals surface area contributed by atoms with Gasteiger partial charge in [0, 0.05) is 23.8 Å². The summed E-state index contributed by atoms with van der Waals surface area (Å²) < 4.78 is 0. The number of amides is 1. The molecule has 0 saturated carbocycles. The minimum Gasteiger partial charge on any atom is -0.399 e. The van der Waals surface area contributed by atoms with E-state index in [-0.39, 0.29) is 5.91 Å². The lowest BCUT2D eigenvalue weighted by Gasteiger charge is -2.21. The SMILES string of the molecule is CC1CCCN1C(=O)c1cccc(N)c1. The summed E-state index contributed by atoms with van der Waals surface area (Å²) in [5.41, 5.74) is 7.00. The fourth-order valence-electron chi connectivity index (χ4n) is 2.07. The molecule has 1 aliphatic heterocycles. The zero-order chi connectivity index (χ0) is 10.8. The second-order valence-electron chi connectivity index (χ2n) is 4.12. The number of carbonyl (C=O) groups is 1. The van der Waals surface area contributed by atoms with E-state index in [1.54, 1.807) is 12.1 Å². The summed E-state index contributed by atoms with van der Waals surface area (Å²) >= 11 is 0. The molecule has 1 amide bonds. The van der Waals surface area contributed by atoms with Crippen LogP contribution in [0.5, 0.6) is 0 Å². The van der Waals surface area contributed by atoms with Crippen LogP contribution in [0.25, 0.3) is 0 Å². The number of rotatable bonds is 1. The zero-order valence-corrected chi connectivity index (χ0v) is 8.94. The van der Waals surface area contributed by atoms with Crippen LogP contribution in [0, 0.1) is 0 Å². The van der Waals surface area contributed by atoms with Gasteiger partial charge in [0.05, 0.1) is 0 Å². The number of nitrogens with zero attached hydrogens (tertiary/aromatic N) is 1. The van der Waals surface area contributed by atoms with Crippen molar-refractivity contribution in [2.75, 3.05) is 12.3 Å². The van der Waals surface area contributed by atoms with Crippen LogP contribution in [0.4, 0.5) is 5.69 Å². The third-order valence-corrected chi connectivity index (χ3v) is 2.95. The van der Waals surface area contributed by atoms with Crippen LogP contribution in [0.1, 0.15) is 30.1 Å². The van der Waals surface area contributed by atoms with E-state index < -0.39 is 0 Å². The fraction of sp³-hybridized carbons (Fsp3) is 0.417. The summed E-state index contributed by atoms with van der Waals surface area (Å²) in [6.45, 7) is 2.96. The van der Waals surface area contributed by atoms with E-state index in [1.807, 2.05) is 17.0 Å². The van der Waals surface area contributed by atoms with E-state index in [9.17, 15) is 4.79 Å². The maximum Gasteiger partial charge on any atom is 0.254 e. The Morgan fingerprint density at radius 3 is 2.93 bits per heavy atom. The smallest absolute Gasteiger partial charge is 0.254 e. The number of nitrogens with two attached hydrogens (primary N) is 1. The first kappa shape index (κ1) is 10.0. The topological polar surface area (TPSA) is 46.3 Å². The summed E-state index contributed by atoms with van der Waals surface area (Å²) in [6.07, 6.45) is 2.21. The van der Waals surface area contributed by atoms with Gasteiger partial charge >= 0.3 is 0 Å². The van der Waals surface area contributed by atoms with Crippen molar-refractivity contribution in [2.45, 2.75) is 25.8 Å². The van der Waals surface area contributed by atoms with E-state index in [1.165, 1.54) is 0 Å². The normalized spacial score (nSPS) is 20.6. The zero-order valence-electron chi connectivity index (χ0n) is 8.94. The Bertz CT molecular complexity index is 376. The van der Waals surface area contributed by atoms with Crippen molar-refractivity contribution in [1.29, 1.82) is 0 Å². The van der Waals surface area contributed by atoms with Gasteiger partial charge in [-0.3, -0.25) is 4.79 Å². The molecule has 2 N–H and O–H groups in total. The van der Waals surface area contributed by atoms with Crippen molar-refractivity contribution < 1.29 is 4.79 Å². The van der Waals surface area contributed by atoms with Crippen LogP contribution >= 0.6 is 0 Å². The van der Waals surface area contributed by atoms with Crippen molar-refractivity contribution in [1.82, 2.24) is 4.90 Å². The summed E-state index contributed by atoms with van der Waals surface area (Å²) in [7, 11) is 0.